The van der Waals surface area contributed by atoms with Gasteiger partial charge in [0.25, 0.3) is 0 Å². The van der Waals surface area contributed by atoms with Crippen LogP contribution >= 0.6 is 0 Å². The number of carbonyl (C=O) groups is 8. The van der Waals surface area contributed by atoms with E-state index in [4.69, 9.17) is 26.7 Å². The van der Waals surface area contributed by atoms with Crippen LogP contribution in [-0.2, 0) is 60.7 Å². The molecule has 64 heavy (non-hydrogen) atoms. The maximum Gasteiger partial charge on any atom is 0.246 e. The molecule has 0 aliphatic rings. The van der Waals surface area contributed by atoms with Crippen LogP contribution in [0.25, 0.3) is 0 Å². The van der Waals surface area contributed by atoms with Crippen molar-refractivity contribution in [2.45, 2.75) is 102 Å². The fraction of sp³-hybridized carbons (Fsp3) is 0.548. The van der Waals surface area contributed by atoms with Gasteiger partial charge in [-0.1, -0.05) is 32.1 Å². The Morgan fingerprint density at radius 1 is 0.797 bits per heavy atom. The molecule has 8 amide bonds. The quantitative estimate of drug-likeness (QED) is 0.0279. The van der Waals surface area contributed by atoms with Crippen LogP contribution in [0.5, 0.6) is 5.75 Å². The summed E-state index contributed by atoms with van der Waals surface area (Å²) in [6.07, 6.45) is 7.22. The Hall–Kier alpha value is -6.39. The second-order valence-electron chi connectivity index (χ2n) is 15.4. The third-order valence-electron chi connectivity index (χ3n) is 9.31. The molecular weight excluding hydrogens is 835 g/mol. The zero-order valence-electron chi connectivity index (χ0n) is 36.7. The lowest BCUT2D eigenvalue weighted by atomic mass is 10.00. The van der Waals surface area contributed by atoms with Crippen molar-refractivity contribution >= 4 is 47.3 Å². The van der Waals surface area contributed by atoms with E-state index in [1.54, 1.807) is 12.1 Å². The first-order chi connectivity index (χ1) is 30.5. The Morgan fingerprint density at radius 2 is 1.45 bits per heavy atom. The third-order valence-corrected chi connectivity index (χ3v) is 9.31. The molecule has 2 rings (SSSR count). The van der Waals surface area contributed by atoms with E-state index in [1.807, 2.05) is 13.8 Å². The summed E-state index contributed by atoms with van der Waals surface area (Å²) in [6, 6.07) is 0.849. The number of benzene rings is 1. The lowest BCUT2D eigenvalue weighted by molar-refractivity contribution is -0.134. The molecule has 0 aliphatic heterocycles. The predicted molar refractivity (Wildman–Crippen MR) is 233 cm³/mol. The van der Waals surface area contributed by atoms with Gasteiger partial charge in [-0.15, -0.1) is 0 Å². The van der Waals surface area contributed by atoms with E-state index in [0.29, 0.717) is 37.1 Å². The third kappa shape index (κ3) is 23.2. The van der Waals surface area contributed by atoms with E-state index >= 15 is 0 Å². The van der Waals surface area contributed by atoms with Crippen molar-refractivity contribution in [2.24, 2.45) is 23.1 Å². The highest BCUT2D eigenvalue weighted by atomic mass is 16.5. The Kier molecular flexibility index (Phi) is 25.0. The molecule has 1 aromatic carbocycles. The number of aromatic amines is 1. The lowest BCUT2D eigenvalue weighted by Crippen LogP contribution is -2.58. The van der Waals surface area contributed by atoms with Crippen LogP contribution in [0.1, 0.15) is 70.6 Å². The summed E-state index contributed by atoms with van der Waals surface area (Å²) in [5, 5.41) is 25.8. The summed E-state index contributed by atoms with van der Waals surface area (Å²) in [7, 11) is 0. The molecule has 14 N–H and O–H groups in total. The summed E-state index contributed by atoms with van der Waals surface area (Å²) < 4.78 is 10.7. The number of phenolic OH excluding ortho intramolecular Hbond substituents is 1. The van der Waals surface area contributed by atoms with Gasteiger partial charge in [0.05, 0.1) is 26.1 Å². The number of nitrogens with one attached hydrogen (secondary N) is 7. The number of primary amides is 2. The molecule has 1 aromatic heterocycles. The molecule has 2 aromatic rings. The smallest absolute Gasteiger partial charge is 0.246 e. The van der Waals surface area contributed by atoms with Gasteiger partial charge in [0.2, 0.25) is 47.3 Å². The number of unbranched alkanes of at least 4 members (excludes halogenated alkanes) is 1. The number of H-pyrrole nitrogens is 1. The molecule has 0 bridgehead atoms. The number of phenols is 1. The molecule has 5 atom stereocenters. The Labute approximate surface area is 372 Å². The minimum atomic E-state index is -1.24. The molecule has 1 heterocycles. The van der Waals surface area contributed by atoms with Crippen LogP contribution in [0.2, 0.25) is 0 Å². The number of hydrogen-bond donors (Lipinski definition) is 11. The van der Waals surface area contributed by atoms with Gasteiger partial charge >= 0.3 is 0 Å². The van der Waals surface area contributed by atoms with Crippen molar-refractivity contribution in [1.29, 1.82) is 0 Å². The number of aromatic nitrogens is 2. The summed E-state index contributed by atoms with van der Waals surface area (Å²) in [5.74, 6) is -4.93. The number of imidazole rings is 1. The maximum atomic E-state index is 14.0. The van der Waals surface area contributed by atoms with E-state index in [-0.39, 0.29) is 76.7 Å². The number of carbonyl (C=O) groups excluding carboxylic acids is 8. The average Bonchev–Trinajstić information content (AvgIpc) is 3.75. The van der Waals surface area contributed by atoms with Crippen molar-refractivity contribution in [3.63, 3.8) is 0 Å². The van der Waals surface area contributed by atoms with Gasteiger partial charge in [0, 0.05) is 56.7 Å². The standard InChI is InChI=1S/C42H65N11O11/c1-26(2)20-33(52-42(62)35(49-27(3)54)22-30-23-46-25-48-30)41(61)53-34(21-28-7-11-31(55)12-8-28)40(60)50-29(9-13-36(44)56)10-14-37(57)47-16-17-63-18-19-64-24-38(58)51-32(39(45)59)6-4-5-15-43/h7-8,10-12,14,23,25-26,29,32-35,55H,4-6,9,13,15-22,24,43H2,1-3H3,(H2,44,56)(H2,45,59)(H,46,48)(H,47,57)(H,49,54)(H,50,60)(H,51,58)(H,52,62)(H,53,61)/b14-10+/t29-,32-,33-,34-,35-/m0/s1. The van der Waals surface area contributed by atoms with E-state index < -0.39 is 77.5 Å². The normalized spacial score (nSPS) is 13.5. The molecule has 22 heteroatoms. The maximum absolute atomic E-state index is 14.0. The number of hydrogen-bond acceptors (Lipinski definition) is 13. The highest BCUT2D eigenvalue weighted by molar-refractivity contribution is 5.94. The van der Waals surface area contributed by atoms with Crippen LogP contribution in [0, 0.1) is 5.92 Å². The van der Waals surface area contributed by atoms with Gasteiger partial charge in [-0.05, 0) is 62.3 Å². The minimum Gasteiger partial charge on any atom is -0.508 e. The van der Waals surface area contributed by atoms with Gasteiger partial charge in [-0.25, -0.2) is 4.98 Å². The average molecular weight is 900 g/mol. The molecular formula is C42H65N11O11. The first-order valence-corrected chi connectivity index (χ1v) is 21.1. The highest BCUT2D eigenvalue weighted by Crippen LogP contribution is 2.14. The predicted octanol–water partition coefficient (Wildman–Crippen LogP) is -2.02. The Morgan fingerprint density at radius 3 is 2.08 bits per heavy atom. The first kappa shape index (κ1) is 53.7. The van der Waals surface area contributed by atoms with Gasteiger partial charge in [-0.2, -0.15) is 0 Å². The Bertz CT molecular complexity index is 1820. The van der Waals surface area contributed by atoms with Crippen LogP contribution in [0.4, 0.5) is 0 Å². The van der Waals surface area contributed by atoms with Crippen molar-refractivity contribution in [3.05, 3.63) is 60.2 Å². The second-order valence-corrected chi connectivity index (χ2v) is 15.4. The highest BCUT2D eigenvalue weighted by Gasteiger charge is 2.31. The number of nitrogens with zero attached hydrogens (tertiary/aromatic N) is 1. The topological polar surface area (TPSA) is 354 Å². The summed E-state index contributed by atoms with van der Waals surface area (Å²) in [4.78, 5) is 108. The van der Waals surface area contributed by atoms with Gasteiger partial charge in [0.15, 0.2) is 0 Å². The molecule has 0 spiro atoms. The van der Waals surface area contributed by atoms with Crippen molar-refractivity contribution in [2.75, 3.05) is 39.5 Å². The number of aromatic hydroxyl groups is 1. The van der Waals surface area contributed by atoms with Gasteiger partial charge in [-0.3, -0.25) is 38.4 Å². The molecule has 0 saturated carbocycles. The largest absolute Gasteiger partial charge is 0.508 e. The van der Waals surface area contributed by atoms with Crippen LogP contribution in [0.15, 0.2) is 48.9 Å². The van der Waals surface area contributed by atoms with Crippen LogP contribution < -0.4 is 49.1 Å². The van der Waals surface area contributed by atoms with Gasteiger partial charge in [0.1, 0.15) is 36.5 Å². The summed E-state index contributed by atoms with van der Waals surface area (Å²) in [5.41, 5.74) is 17.3. The zero-order chi connectivity index (χ0) is 47.4. The monoisotopic (exact) mass is 899 g/mol. The number of amides is 8. The molecule has 0 unspecified atom stereocenters. The van der Waals surface area contributed by atoms with Crippen molar-refractivity contribution < 1.29 is 52.9 Å². The first-order valence-electron chi connectivity index (χ1n) is 21.1. The van der Waals surface area contributed by atoms with E-state index in [9.17, 15) is 43.5 Å². The van der Waals surface area contributed by atoms with Crippen LogP contribution in [-0.4, -0.2) is 132 Å². The van der Waals surface area contributed by atoms with E-state index in [0.717, 1.165) is 0 Å². The summed E-state index contributed by atoms with van der Waals surface area (Å²) >= 11 is 0. The second kappa shape index (κ2) is 29.8. The van der Waals surface area contributed by atoms with Crippen LogP contribution in [0.3, 0.4) is 0 Å². The zero-order valence-corrected chi connectivity index (χ0v) is 36.7. The van der Waals surface area contributed by atoms with E-state index in [2.05, 4.69) is 41.9 Å². The molecule has 354 valence electrons. The number of ether oxygens (including phenoxy) is 2. The van der Waals surface area contributed by atoms with E-state index in [1.165, 1.54) is 43.7 Å². The Balaban J connectivity index is 2.06. The minimum absolute atomic E-state index is 0.0102. The van der Waals surface area contributed by atoms with Crippen molar-refractivity contribution in [1.82, 2.24) is 41.9 Å². The molecule has 0 fully saturated rings. The lowest BCUT2D eigenvalue weighted by Gasteiger charge is -2.27. The summed E-state index contributed by atoms with van der Waals surface area (Å²) in [6.45, 7) is 5.46. The molecule has 0 radical (unpaired) electrons. The van der Waals surface area contributed by atoms with Crippen molar-refractivity contribution in [3.8, 4) is 5.75 Å². The fourth-order valence-electron chi connectivity index (χ4n) is 6.10. The molecule has 0 aliphatic carbocycles. The number of rotatable bonds is 32. The SMILES string of the molecule is CC(=O)N[C@@H](Cc1cnc[nH]1)C(=O)N[C@@H](CC(C)C)C(=O)N[C@@H](Cc1ccc(O)cc1)C(=O)N[C@H](/C=C/C(=O)NCCOCCOCC(=O)N[C@@H](CCCCN)C(N)=O)CCC(N)=O. The molecule has 22 nitrogen and oxygen atoms in total. The molecule has 0 saturated heterocycles. The van der Waals surface area contributed by atoms with Gasteiger partial charge < -0.3 is 68.7 Å². The fourth-order valence-corrected chi connectivity index (χ4v) is 6.10. The number of nitrogens with two attached hydrogens (primary N) is 3.